The van der Waals surface area contributed by atoms with Crippen molar-refractivity contribution >= 4 is 17.2 Å². The number of hydrogen-bond donors (Lipinski definition) is 0. The molecular weight excluding hydrogens is 351 g/mol. The minimum Gasteiger partial charge on any atom is -0.321 e. The number of nitrogens with zero attached hydrogens (tertiary/aromatic N) is 3. The second-order valence-electron chi connectivity index (χ2n) is 6.63. The molecule has 2 aromatic heterocycles. The lowest BCUT2D eigenvalue weighted by atomic mass is 9.93. The standard InChI is InChI=1S/C17H20F3N3OS/c1-6-23-10(2)13(16(3,4)5)25-15(23)22-14(24)11-9-21-8-7-12(11)17(18,19)20/h7-9H,6H2,1-5H3/b22-15-. The van der Waals surface area contributed by atoms with E-state index < -0.39 is 23.2 Å². The fourth-order valence-electron chi connectivity index (χ4n) is 2.60. The molecule has 0 aromatic carbocycles. The van der Waals surface area contributed by atoms with Gasteiger partial charge in [0, 0.05) is 29.5 Å². The second-order valence-corrected chi connectivity index (χ2v) is 7.61. The highest BCUT2D eigenvalue weighted by molar-refractivity contribution is 7.09. The molecule has 0 bridgehead atoms. The van der Waals surface area contributed by atoms with Crippen LogP contribution in [0.2, 0.25) is 0 Å². The Morgan fingerprint density at radius 3 is 2.48 bits per heavy atom. The Kier molecular flexibility index (Phi) is 5.22. The number of carbonyl (C=O) groups is 1. The number of thiazole rings is 1. The zero-order chi connectivity index (χ0) is 19.0. The van der Waals surface area contributed by atoms with Crippen molar-refractivity contribution in [3.63, 3.8) is 0 Å². The molecule has 0 radical (unpaired) electrons. The van der Waals surface area contributed by atoms with E-state index in [9.17, 15) is 18.0 Å². The third-order valence-electron chi connectivity index (χ3n) is 3.71. The number of pyridine rings is 1. The summed E-state index contributed by atoms with van der Waals surface area (Å²) in [6.07, 6.45) is -2.71. The molecule has 25 heavy (non-hydrogen) atoms. The molecule has 136 valence electrons. The van der Waals surface area contributed by atoms with Crippen LogP contribution in [-0.2, 0) is 18.1 Å². The van der Waals surface area contributed by atoms with Gasteiger partial charge in [0.05, 0.1) is 11.1 Å². The van der Waals surface area contributed by atoms with Crippen LogP contribution < -0.4 is 4.80 Å². The number of carbonyl (C=O) groups excluding carboxylic acids is 1. The van der Waals surface area contributed by atoms with Crippen LogP contribution in [0.3, 0.4) is 0 Å². The van der Waals surface area contributed by atoms with E-state index in [-0.39, 0.29) is 5.41 Å². The minimum absolute atomic E-state index is 0.145. The average molecular weight is 371 g/mol. The molecule has 0 aliphatic rings. The van der Waals surface area contributed by atoms with Gasteiger partial charge in [-0.1, -0.05) is 20.8 Å². The molecule has 0 N–H and O–H groups in total. The van der Waals surface area contributed by atoms with Crippen molar-refractivity contribution in [2.45, 2.75) is 52.8 Å². The van der Waals surface area contributed by atoms with E-state index in [1.807, 2.05) is 39.2 Å². The molecule has 0 atom stereocenters. The molecule has 0 fully saturated rings. The number of aromatic nitrogens is 2. The largest absolute Gasteiger partial charge is 0.417 e. The normalized spacial score (nSPS) is 13.4. The molecule has 0 saturated heterocycles. The molecule has 2 rings (SSSR count). The lowest BCUT2D eigenvalue weighted by Crippen LogP contribution is -2.19. The Morgan fingerprint density at radius 1 is 1.32 bits per heavy atom. The maximum Gasteiger partial charge on any atom is 0.417 e. The van der Waals surface area contributed by atoms with Crippen molar-refractivity contribution < 1.29 is 18.0 Å². The third-order valence-corrected chi connectivity index (χ3v) is 5.32. The summed E-state index contributed by atoms with van der Waals surface area (Å²) in [6, 6.07) is 0.789. The van der Waals surface area contributed by atoms with Crippen LogP contribution in [-0.4, -0.2) is 15.5 Å². The van der Waals surface area contributed by atoms with Crippen LogP contribution in [0.15, 0.2) is 23.5 Å². The zero-order valence-electron chi connectivity index (χ0n) is 14.7. The first-order valence-corrected chi connectivity index (χ1v) is 8.59. The SMILES string of the molecule is CCn1c(C)c(C(C)(C)C)s/c1=N\C(=O)c1cnccc1C(F)(F)F. The van der Waals surface area contributed by atoms with E-state index in [0.29, 0.717) is 11.3 Å². The van der Waals surface area contributed by atoms with Gasteiger partial charge in [-0.25, -0.2) is 0 Å². The highest BCUT2D eigenvalue weighted by Gasteiger charge is 2.35. The van der Waals surface area contributed by atoms with Crippen LogP contribution in [0.4, 0.5) is 13.2 Å². The predicted molar refractivity (Wildman–Crippen MR) is 90.6 cm³/mol. The number of alkyl halides is 3. The molecule has 4 nitrogen and oxygen atoms in total. The molecular formula is C17H20F3N3OS. The van der Waals surface area contributed by atoms with Crippen molar-refractivity contribution in [2.75, 3.05) is 0 Å². The monoisotopic (exact) mass is 371 g/mol. The minimum atomic E-state index is -4.63. The highest BCUT2D eigenvalue weighted by atomic mass is 32.1. The van der Waals surface area contributed by atoms with Gasteiger partial charge < -0.3 is 4.57 Å². The lowest BCUT2D eigenvalue weighted by Gasteiger charge is -2.17. The summed E-state index contributed by atoms with van der Waals surface area (Å²) in [5.41, 5.74) is -0.744. The first kappa shape index (κ1) is 19.4. The Hall–Kier alpha value is -1.96. The summed E-state index contributed by atoms with van der Waals surface area (Å²) in [4.78, 5) is 21.5. The number of rotatable bonds is 2. The molecule has 8 heteroatoms. The van der Waals surface area contributed by atoms with Crippen molar-refractivity contribution in [2.24, 2.45) is 4.99 Å². The van der Waals surface area contributed by atoms with Gasteiger partial charge in [0.1, 0.15) is 0 Å². The van der Waals surface area contributed by atoms with Crippen LogP contribution >= 0.6 is 11.3 Å². The van der Waals surface area contributed by atoms with Crippen molar-refractivity contribution in [3.05, 3.63) is 45.0 Å². The van der Waals surface area contributed by atoms with Gasteiger partial charge in [-0.15, -0.1) is 11.3 Å². The molecule has 2 heterocycles. The van der Waals surface area contributed by atoms with Crippen molar-refractivity contribution in [1.82, 2.24) is 9.55 Å². The first-order chi connectivity index (χ1) is 11.5. The summed E-state index contributed by atoms with van der Waals surface area (Å²) >= 11 is 1.33. The quantitative estimate of drug-likeness (QED) is 0.789. The Labute approximate surface area is 148 Å². The van der Waals surface area contributed by atoms with E-state index in [2.05, 4.69) is 9.98 Å². The van der Waals surface area contributed by atoms with E-state index in [1.165, 1.54) is 11.3 Å². The molecule has 0 aliphatic carbocycles. The van der Waals surface area contributed by atoms with Gasteiger partial charge in [-0.2, -0.15) is 18.2 Å². The molecule has 0 spiro atoms. The maximum atomic E-state index is 13.1. The Balaban J connectivity index is 2.62. The maximum absolute atomic E-state index is 13.1. The molecule has 0 saturated carbocycles. The Bertz CT molecular complexity index is 857. The molecule has 0 aliphatic heterocycles. The van der Waals surface area contributed by atoms with Gasteiger partial charge in [-0.3, -0.25) is 9.78 Å². The zero-order valence-corrected chi connectivity index (χ0v) is 15.5. The highest BCUT2D eigenvalue weighted by Crippen LogP contribution is 2.32. The van der Waals surface area contributed by atoms with Crippen LogP contribution in [0.25, 0.3) is 0 Å². The van der Waals surface area contributed by atoms with Gasteiger partial charge >= 0.3 is 6.18 Å². The van der Waals surface area contributed by atoms with Crippen LogP contribution in [0.5, 0.6) is 0 Å². The van der Waals surface area contributed by atoms with Gasteiger partial charge in [-0.05, 0) is 25.3 Å². The fraction of sp³-hybridized carbons (Fsp3) is 0.471. The summed E-state index contributed by atoms with van der Waals surface area (Å²) in [5.74, 6) is -0.940. The first-order valence-electron chi connectivity index (χ1n) is 7.77. The summed E-state index contributed by atoms with van der Waals surface area (Å²) < 4.78 is 41.1. The molecule has 1 amide bonds. The third kappa shape index (κ3) is 4.00. The smallest absolute Gasteiger partial charge is 0.321 e. The van der Waals surface area contributed by atoms with Crippen LogP contribution in [0, 0.1) is 6.92 Å². The molecule has 0 unspecified atom stereocenters. The van der Waals surface area contributed by atoms with Crippen molar-refractivity contribution in [3.8, 4) is 0 Å². The van der Waals surface area contributed by atoms with Crippen LogP contribution in [0.1, 0.15) is 54.2 Å². The fourth-order valence-corrected chi connectivity index (χ4v) is 3.85. The number of amides is 1. The van der Waals surface area contributed by atoms with E-state index in [4.69, 9.17) is 0 Å². The number of hydrogen-bond acceptors (Lipinski definition) is 3. The van der Waals surface area contributed by atoms with E-state index >= 15 is 0 Å². The average Bonchev–Trinajstić information content (AvgIpc) is 2.82. The molecule has 2 aromatic rings. The summed E-state index contributed by atoms with van der Waals surface area (Å²) in [5, 5.41) is 0. The van der Waals surface area contributed by atoms with Gasteiger partial charge in [0.25, 0.3) is 5.91 Å². The Morgan fingerprint density at radius 2 is 1.96 bits per heavy atom. The second kappa shape index (κ2) is 6.74. The number of halogens is 3. The lowest BCUT2D eigenvalue weighted by molar-refractivity contribution is -0.138. The summed E-state index contributed by atoms with van der Waals surface area (Å²) in [6.45, 7) is 10.5. The van der Waals surface area contributed by atoms with E-state index in [0.717, 1.165) is 29.0 Å². The van der Waals surface area contributed by atoms with E-state index in [1.54, 1.807) is 0 Å². The van der Waals surface area contributed by atoms with Crippen molar-refractivity contribution in [1.29, 1.82) is 0 Å². The van der Waals surface area contributed by atoms with Gasteiger partial charge in [0.2, 0.25) is 0 Å². The summed E-state index contributed by atoms with van der Waals surface area (Å²) in [7, 11) is 0. The predicted octanol–water partition coefficient (Wildman–Crippen LogP) is 4.33. The van der Waals surface area contributed by atoms with Gasteiger partial charge in [0.15, 0.2) is 4.80 Å². The topological polar surface area (TPSA) is 47.2 Å².